The molecule has 0 spiro atoms. The Morgan fingerprint density at radius 2 is 2.29 bits per heavy atom. The highest BCUT2D eigenvalue weighted by Gasteiger charge is 2.06. The van der Waals surface area contributed by atoms with E-state index in [4.69, 9.17) is 4.74 Å². The van der Waals surface area contributed by atoms with E-state index in [-0.39, 0.29) is 12.0 Å². The number of nitrogens with zero attached hydrogens (tertiary/aromatic N) is 3. The molecule has 2 aromatic rings. The van der Waals surface area contributed by atoms with Crippen LogP contribution in [0.1, 0.15) is 6.42 Å². The number of fused-ring (bicyclic) bond motifs is 1. The minimum atomic E-state index is -0.207. The normalized spacial score (nSPS) is 10.4. The van der Waals surface area contributed by atoms with Gasteiger partial charge in [-0.25, -0.2) is 4.98 Å². The SMILES string of the molecule is COc1cnc2ccc(=O)n(CCC=O)c2n1. The molecule has 2 rings (SSSR count). The van der Waals surface area contributed by atoms with Crippen molar-refractivity contribution in [3.8, 4) is 5.88 Å². The lowest BCUT2D eigenvalue weighted by atomic mass is 10.3. The van der Waals surface area contributed by atoms with Crippen molar-refractivity contribution >= 4 is 17.5 Å². The highest BCUT2D eigenvalue weighted by Crippen LogP contribution is 2.11. The quantitative estimate of drug-likeness (QED) is 0.714. The highest BCUT2D eigenvalue weighted by molar-refractivity contribution is 5.70. The van der Waals surface area contributed by atoms with Gasteiger partial charge in [0.2, 0.25) is 5.88 Å². The van der Waals surface area contributed by atoms with Crippen molar-refractivity contribution in [1.29, 1.82) is 0 Å². The van der Waals surface area contributed by atoms with Gasteiger partial charge in [0.05, 0.1) is 13.3 Å². The largest absolute Gasteiger partial charge is 0.480 e. The van der Waals surface area contributed by atoms with Gasteiger partial charge in [0.1, 0.15) is 11.8 Å². The Morgan fingerprint density at radius 1 is 1.47 bits per heavy atom. The Bertz CT molecular complexity index is 606. The number of rotatable bonds is 4. The molecule has 0 amide bonds. The van der Waals surface area contributed by atoms with Gasteiger partial charge in [-0.3, -0.25) is 9.36 Å². The summed E-state index contributed by atoms with van der Waals surface area (Å²) in [4.78, 5) is 30.3. The Kier molecular flexibility index (Phi) is 3.13. The standard InChI is InChI=1S/C11H11N3O3/c1-17-9-7-12-8-3-4-10(16)14(5-2-6-15)11(8)13-9/h3-4,6-7H,2,5H2,1H3. The lowest BCUT2D eigenvalue weighted by Crippen LogP contribution is -2.20. The van der Waals surface area contributed by atoms with Crippen LogP contribution in [0.5, 0.6) is 5.88 Å². The fraction of sp³-hybridized carbons (Fsp3) is 0.273. The predicted octanol–water partition coefficient (Wildman–Crippen LogP) is 0.389. The van der Waals surface area contributed by atoms with Gasteiger partial charge >= 0.3 is 0 Å². The fourth-order valence-electron chi connectivity index (χ4n) is 1.53. The van der Waals surface area contributed by atoms with Crippen LogP contribution in [0, 0.1) is 0 Å². The molecule has 0 radical (unpaired) electrons. The molecule has 0 N–H and O–H groups in total. The first kappa shape index (κ1) is 11.3. The molecule has 0 aliphatic carbocycles. The maximum Gasteiger partial charge on any atom is 0.252 e. The van der Waals surface area contributed by atoms with Gasteiger partial charge in [0.15, 0.2) is 5.65 Å². The third kappa shape index (κ3) is 2.15. The number of hydrogen-bond acceptors (Lipinski definition) is 5. The van der Waals surface area contributed by atoms with E-state index in [1.54, 1.807) is 6.07 Å². The molecule has 0 fully saturated rings. The number of ether oxygens (including phenoxy) is 1. The van der Waals surface area contributed by atoms with Crippen LogP contribution in [0.25, 0.3) is 11.2 Å². The van der Waals surface area contributed by atoms with Crippen molar-refractivity contribution in [2.75, 3.05) is 7.11 Å². The molecule has 17 heavy (non-hydrogen) atoms. The van der Waals surface area contributed by atoms with Crippen molar-refractivity contribution in [2.24, 2.45) is 0 Å². The lowest BCUT2D eigenvalue weighted by Gasteiger charge is -2.07. The van der Waals surface area contributed by atoms with Gasteiger partial charge in [-0.15, -0.1) is 0 Å². The molecule has 2 aromatic heterocycles. The number of aryl methyl sites for hydroxylation is 1. The molecular weight excluding hydrogens is 222 g/mol. The summed E-state index contributed by atoms with van der Waals surface area (Å²) in [7, 11) is 1.48. The lowest BCUT2D eigenvalue weighted by molar-refractivity contribution is -0.108. The van der Waals surface area contributed by atoms with E-state index in [0.29, 0.717) is 23.6 Å². The maximum atomic E-state index is 11.7. The zero-order valence-corrected chi connectivity index (χ0v) is 9.29. The van der Waals surface area contributed by atoms with Gasteiger partial charge in [0, 0.05) is 19.0 Å². The van der Waals surface area contributed by atoms with E-state index in [1.165, 1.54) is 23.9 Å². The van der Waals surface area contributed by atoms with Crippen LogP contribution < -0.4 is 10.3 Å². The highest BCUT2D eigenvalue weighted by atomic mass is 16.5. The second-order valence-corrected chi connectivity index (χ2v) is 3.40. The summed E-state index contributed by atoms with van der Waals surface area (Å²) >= 11 is 0. The third-order valence-electron chi connectivity index (χ3n) is 2.34. The van der Waals surface area contributed by atoms with E-state index in [0.717, 1.165) is 6.29 Å². The zero-order valence-electron chi connectivity index (χ0n) is 9.29. The fourth-order valence-corrected chi connectivity index (χ4v) is 1.53. The molecule has 88 valence electrons. The zero-order chi connectivity index (χ0) is 12.3. The van der Waals surface area contributed by atoms with Gasteiger partial charge in [0.25, 0.3) is 5.56 Å². The molecule has 0 aliphatic rings. The maximum absolute atomic E-state index is 11.7. The van der Waals surface area contributed by atoms with Crippen molar-refractivity contribution < 1.29 is 9.53 Å². The molecular formula is C11H11N3O3. The molecule has 0 bridgehead atoms. The first-order valence-electron chi connectivity index (χ1n) is 5.10. The first-order chi connectivity index (χ1) is 8.26. The summed E-state index contributed by atoms with van der Waals surface area (Å²) in [6.45, 7) is 0.293. The van der Waals surface area contributed by atoms with Crippen LogP contribution in [0.15, 0.2) is 23.1 Å². The second-order valence-electron chi connectivity index (χ2n) is 3.40. The predicted molar refractivity (Wildman–Crippen MR) is 61.0 cm³/mol. The van der Waals surface area contributed by atoms with Crippen molar-refractivity contribution in [3.63, 3.8) is 0 Å². The molecule has 0 saturated heterocycles. The van der Waals surface area contributed by atoms with Crippen LogP contribution >= 0.6 is 0 Å². The third-order valence-corrected chi connectivity index (χ3v) is 2.34. The van der Waals surface area contributed by atoms with Crippen LogP contribution in [0.4, 0.5) is 0 Å². The number of carbonyl (C=O) groups excluding carboxylic acids is 1. The van der Waals surface area contributed by atoms with Gasteiger partial charge in [-0.2, -0.15) is 4.98 Å². The van der Waals surface area contributed by atoms with Crippen LogP contribution in [-0.2, 0) is 11.3 Å². The molecule has 0 aromatic carbocycles. The molecule has 0 aliphatic heterocycles. The van der Waals surface area contributed by atoms with Crippen LogP contribution in [0.3, 0.4) is 0 Å². The molecule has 6 heteroatoms. The topological polar surface area (TPSA) is 74.1 Å². The number of carbonyl (C=O) groups is 1. The van der Waals surface area contributed by atoms with Crippen LogP contribution in [-0.4, -0.2) is 27.9 Å². The van der Waals surface area contributed by atoms with Gasteiger partial charge < -0.3 is 9.53 Å². The summed E-state index contributed by atoms with van der Waals surface area (Å²) in [5, 5.41) is 0. The molecule has 2 heterocycles. The summed E-state index contributed by atoms with van der Waals surface area (Å²) in [5.41, 5.74) is 0.817. The van der Waals surface area contributed by atoms with Crippen molar-refractivity contribution in [3.05, 3.63) is 28.7 Å². The number of aldehydes is 1. The minimum absolute atomic E-state index is 0.207. The summed E-state index contributed by atoms with van der Waals surface area (Å²) in [6, 6.07) is 3.01. The Morgan fingerprint density at radius 3 is 3.00 bits per heavy atom. The van der Waals surface area contributed by atoms with Crippen molar-refractivity contribution in [2.45, 2.75) is 13.0 Å². The number of hydrogen-bond donors (Lipinski definition) is 0. The Balaban J connectivity index is 2.64. The van der Waals surface area contributed by atoms with Crippen molar-refractivity contribution in [1.82, 2.24) is 14.5 Å². The average Bonchev–Trinajstić information content (AvgIpc) is 2.37. The van der Waals surface area contributed by atoms with E-state index in [2.05, 4.69) is 9.97 Å². The van der Waals surface area contributed by atoms with E-state index in [1.807, 2.05) is 0 Å². The molecule has 6 nitrogen and oxygen atoms in total. The van der Waals surface area contributed by atoms with E-state index in [9.17, 15) is 9.59 Å². The van der Waals surface area contributed by atoms with E-state index < -0.39 is 0 Å². The van der Waals surface area contributed by atoms with Gasteiger partial charge in [-0.05, 0) is 6.07 Å². The Hall–Kier alpha value is -2.24. The van der Waals surface area contributed by atoms with Gasteiger partial charge in [-0.1, -0.05) is 0 Å². The number of aromatic nitrogens is 3. The summed E-state index contributed by atoms with van der Waals surface area (Å²) in [5.74, 6) is 0.336. The minimum Gasteiger partial charge on any atom is -0.480 e. The summed E-state index contributed by atoms with van der Waals surface area (Å²) in [6.07, 6.45) is 2.51. The average molecular weight is 233 g/mol. The van der Waals surface area contributed by atoms with E-state index >= 15 is 0 Å². The second kappa shape index (κ2) is 4.73. The number of pyridine rings is 1. The van der Waals surface area contributed by atoms with Crippen LogP contribution in [0.2, 0.25) is 0 Å². The number of methoxy groups -OCH3 is 1. The summed E-state index contributed by atoms with van der Waals surface area (Å²) < 4.78 is 6.38. The monoisotopic (exact) mass is 233 g/mol. The first-order valence-corrected chi connectivity index (χ1v) is 5.10. The molecule has 0 saturated carbocycles. The molecule has 0 unspecified atom stereocenters. The smallest absolute Gasteiger partial charge is 0.252 e. The Labute approximate surface area is 96.9 Å². The molecule has 0 atom stereocenters.